The first-order valence-corrected chi connectivity index (χ1v) is 5.44. The minimum atomic E-state index is 0.864. The van der Waals surface area contributed by atoms with Gasteiger partial charge in [0.05, 0.1) is 0 Å². The van der Waals surface area contributed by atoms with Gasteiger partial charge in [-0.25, -0.2) is 0 Å². The fourth-order valence-electron chi connectivity index (χ4n) is 2.26. The summed E-state index contributed by atoms with van der Waals surface area (Å²) in [6.45, 7) is 2.08. The molecule has 0 saturated heterocycles. The van der Waals surface area contributed by atoms with Crippen molar-refractivity contribution in [1.29, 1.82) is 0 Å². The molecule has 0 atom stereocenters. The second kappa shape index (κ2) is 3.24. The lowest BCUT2D eigenvalue weighted by atomic mass is 9.98. The molecule has 0 radical (unpaired) electrons. The van der Waals surface area contributed by atoms with Crippen molar-refractivity contribution in [3.8, 4) is 0 Å². The van der Waals surface area contributed by atoms with Gasteiger partial charge in [0, 0.05) is 5.69 Å². The van der Waals surface area contributed by atoms with Crippen LogP contribution >= 0.6 is 0 Å². The Bertz CT molecular complexity index is 683. The van der Waals surface area contributed by atoms with Gasteiger partial charge in [-0.1, -0.05) is 42.5 Å². The van der Waals surface area contributed by atoms with E-state index >= 15 is 0 Å². The van der Waals surface area contributed by atoms with Gasteiger partial charge in [-0.15, -0.1) is 0 Å². The number of aryl methyl sites for hydroxylation is 1. The van der Waals surface area contributed by atoms with Crippen LogP contribution in [0.5, 0.6) is 0 Å². The predicted octanol–water partition coefficient (Wildman–Crippen LogP) is 3.88. The van der Waals surface area contributed by atoms with Gasteiger partial charge in [0.15, 0.2) is 0 Å². The van der Waals surface area contributed by atoms with Crippen LogP contribution in [0.1, 0.15) is 5.56 Å². The van der Waals surface area contributed by atoms with E-state index in [0.717, 1.165) is 5.69 Å². The topological polar surface area (TPSA) is 26.0 Å². The largest absolute Gasteiger partial charge is 0.398 e. The molecular weight excluding hydrogens is 194 g/mol. The molecule has 0 amide bonds. The second-order valence-corrected chi connectivity index (χ2v) is 4.16. The Morgan fingerprint density at radius 2 is 1.50 bits per heavy atom. The van der Waals surface area contributed by atoms with Crippen molar-refractivity contribution in [3.63, 3.8) is 0 Å². The minimum Gasteiger partial charge on any atom is -0.398 e. The molecule has 0 heterocycles. The lowest BCUT2D eigenvalue weighted by Crippen LogP contribution is -1.90. The average Bonchev–Trinajstić information content (AvgIpc) is 2.33. The average molecular weight is 207 g/mol. The van der Waals surface area contributed by atoms with E-state index in [2.05, 4.69) is 49.4 Å². The first kappa shape index (κ1) is 9.22. The highest BCUT2D eigenvalue weighted by molar-refractivity contribution is 6.09. The Hall–Kier alpha value is -2.02. The van der Waals surface area contributed by atoms with Crippen LogP contribution in [0.2, 0.25) is 0 Å². The quantitative estimate of drug-likeness (QED) is 0.439. The highest BCUT2D eigenvalue weighted by atomic mass is 14.6. The molecule has 3 aromatic rings. The van der Waals surface area contributed by atoms with Gasteiger partial charge in [0.25, 0.3) is 0 Å². The van der Waals surface area contributed by atoms with Crippen LogP contribution < -0.4 is 5.73 Å². The summed E-state index contributed by atoms with van der Waals surface area (Å²) in [6.07, 6.45) is 0. The van der Waals surface area contributed by atoms with Gasteiger partial charge in [0.2, 0.25) is 0 Å². The van der Waals surface area contributed by atoms with Gasteiger partial charge < -0.3 is 5.73 Å². The van der Waals surface area contributed by atoms with Gasteiger partial charge in [-0.2, -0.15) is 0 Å². The summed E-state index contributed by atoms with van der Waals surface area (Å²) in [4.78, 5) is 0. The highest BCUT2D eigenvalue weighted by Crippen LogP contribution is 2.29. The van der Waals surface area contributed by atoms with Crippen LogP contribution in [0.3, 0.4) is 0 Å². The Kier molecular flexibility index (Phi) is 1.87. The zero-order valence-corrected chi connectivity index (χ0v) is 9.20. The third-order valence-corrected chi connectivity index (χ3v) is 3.24. The summed E-state index contributed by atoms with van der Waals surface area (Å²) < 4.78 is 0. The fourth-order valence-corrected chi connectivity index (χ4v) is 2.26. The summed E-state index contributed by atoms with van der Waals surface area (Å²) in [6, 6.07) is 16.9. The standard InChI is InChI=1S/C15H13N/c1-10-12-7-6-11-4-2-3-5-13(11)14(12)8-9-15(10)16/h2-9H,16H2,1H3. The third-order valence-electron chi connectivity index (χ3n) is 3.24. The summed E-state index contributed by atoms with van der Waals surface area (Å²) in [5.74, 6) is 0. The van der Waals surface area contributed by atoms with E-state index in [1.54, 1.807) is 0 Å². The van der Waals surface area contributed by atoms with Crippen molar-refractivity contribution in [3.05, 3.63) is 54.1 Å². The molecular formula is C15H13N. The number of anilines is 1. The number of nitrogens with two attached hydrogens (primary N) is 1. The number of hydrogen-bond acceptors (Lipinski definition) is 1. The van der Waals surface area contributed by atoms with Gasteiger partial charge in [-0.05, 0) is 40.1 Å². The molecule has 0 aliphatic rings. The van der Waals surface area contributed by atoms with Crippen LogP contribution in [0.15, 0.2) is 48.5 Å². The van der Waals surface area contributed by atoms with Crippen molar-refractivity contribution in [2.24, 2.45) is 0 Å². The van der Waals surface area contributed by atoms with E-state index in [-0.39, 0.29) is 0 Å². The summed E-state index contributed by atoms with van der Waals surface area (Å²) in [5, 5.41) is 5.10. The molecule has 16 heavy (non-hydrogen) atoms. The Morgan fingerprint density at radius 1 is 0.750 bits per heavy atom. The Morgan fingerprint density at radius 3 is 2.38 bits per heavy atom. The van der Waals surface area contributed by atoms with Crippen molar-refractivity contribution < 1.29 is 0 Å². The SMILES string of the molecule is Cc1c(N)ccc2c1ccc1ccccc12. The molecule has 0 saturated carbocycles. The van der Waals surface area contributed by atoms with E-state index in [1.165, 1.54) is 27.1 Å². The monoisotopic (exact) mass is 207 g/mol. The second-order valence-electron chi connectivity index (χ2n) is 4.16. The predicted molar refractivity (Wildman–Crippen MR) is 70.6 cm³/mol. The maximum Gasteiger partial charge on any atom is 0.0350 e. The Labute approximate surface area is 94.5 Å². The number of fused-ring (bicyclic) bond motifs is 3. The van der Waals surface area contributed by atoms with E-state index in [0.29, 0.717) is 0 Å². The lowest BCUT2D eigenvalue weighted by molar-refractivity contribution is 1.53. The smallest absolute Gasteiger partial charge is 0.0350 e. The molecule has 0 aliphatic heterocycles. The molecule has 0 aliphatic carbocycles. The highest BCUT2D eigenvalue weighted by Gasteiger charge is 2.03. The summed E-state index contributed by atoms with van der Waals surface area (Å²) in [7, 11) is 0. The molecule has 3 aromatic carbocycles. The maximum absolute atomic E-state index is 5.93. The first-order chi connectivity index (χ1) is 7.77. The molecule has 1 nitrogen and oxygen atoms in total. The summed E-state index contributed by atoms with van der Waals surface area (Å²) in [5.41, 5.74) is 7.96. The fraction of sp³-hybridized carbons (Fsp3) is 0.0667. The van der Waals surface area contributed by atoms with E-state index in [4.69, 9.17) is 5.73 Å². The molecule has 0 bridgehead atoms. The van der Waals surface area contributed by atoms with Gasteiger partial charge in [0.1, 0.15) is 0 Å². The van der Waals surface area contributed by atoms with Crippen LogP contribution in [0.4, 0.5) is 5.69 Å². The van der Waals surface area contributed by atoms with Crippen LogP contribution in [0.25, 0.3) is 21.5 Å². The summed E-state index contributed by atoms with van der Waals surface area (Å²) >= 11 is 0. The molecule has 0 fully saturated rings. The van der Waals surface area contributed by atoms with Crippen LogP contribution in [0, 0.1) is 6.92 Å². The zero-order chi connectivity index (χ0) is 11.1. The molecule has 0 spiro atoms. The Balaban J connectivity index is 2.58. The maximum atomic E-state index is 5.93. The van der Waals surface area contributed by atoms with Gasteiger partial charge in [-0.3, -0.25) is 0 Å². The normalized spacial score (nSPS) is 11.1. The molecule has 2 N–H and O–H groups in total. The van der Waals surface area contributed by atoms with Gasteiger partial charge >= 0.3 is 0 Å². The molecule has 1 heteroatoms. The van der Waals surface area contributed by atoms with E-state index < -0.39 is 0 Å². The lowest BCUT2D eigenvalue weighted by Gasteiger charge is -2.08. The molecule has 0 aromatic heterocycles. The number of nitrogen functional groups attached to an aromatic ring is 1. The van der Waals surface area contributed by atoms with Crippen LogP contribution in [-0.4, -0.2) is 0 Å². The van der Waals surface area contributed by atoms with E-state index in [9.17, 15) is 0 Å². The minimum absolute atomic E-state index is 0.864. The third kappa shape index (κ3) is 1.18. The number of hydrogen-bond donors (Lipinski definition) is 1. The number of benzene rings is 3. The zero-order valence-electron chi connectivity index (χ0n) is 9.20. The first-order valence-electron chi connectivity index (χ1n) is 5.44. The molecule has 78 valence electrons. The van der Waals surface area contributed by atoms with E-state index in [1.807, 2.05) is 6.07 Å². The van der Waals surface area contributed by atoms with Crippen LogP contribution in [-0.2, 0) is 0 Å². The van der Waals surface area contributed by atoms with Crippen molar-refractivity contribution in [2.75, 3.05) is 5.73 Å². The molecule has 3 rings (SSSR count). The molecule has 0 unspecified atom stereocenters. The van der Waals surface area contributed by atoms with Crippen molar-refractivity contribution in [2.45, 2.75) is 6.92 Å². The van der Waals surface area contributed by atoms with Crippen molar-refractivity contribution in [1.82, 2.24) is 0 Å². The van der Waals surface area contributed by atoms with Crippen molar-refractivity contribution >= 4 is 27.2 Å². The number of rotatable bonds is 0.